The molecule has 1 rings (SSSR count). The smallest absolute Gasteiger partial charge is 0.103 e. The quantitative estimate of drug-likeness (QED) is 0.729. The van der Waals surface area contributed by atoms with Gasteiger partial charge in [-0.15, -0.1) is 0 Å². The highest BCUT2D eigenvalue weighted by Gasteiger charge is 2.55. The minimum atomic E-state index is 0.346. The van der Waals surface area contributed by atoms with E-state index in [1.807, 2.05) is 6.08 Å². The predicted molar refractivity (Wildman–Crippen MR) is 58.3 cm³/mol. The zero-order chi connectivity index (χ0) is 9.35. The van der Waals surface area contributed by atoms with Crippen LogP contribution >= 0.6 is 32.6 Å². The van der Waals surface area contributed by atoms with E-state index in [1.54, 1.807) is 0 Å². The lowest BCUT2D eigenvalue weighted by atomic mass is 10.1. The third-order valence-corrected chi connectivity index (χ3v) is 3.27. The van der Waals surface area contributed by atoms with Crippen LogP contribution in [-0.4, -0.2) is 6.54 Å². The Labute approximate surface area is 86.1 Å². The van der Waals surface area contributed by atoms with Crippen LogP contribution in [0.5, 0.6) is 0 Å². The Balaban J connectivity index is 2.54. The summed E-state index contributed by atoms with van der Waals surface area (Å²) in [5, 5.41) is 3.09. The van der Waals surface area contributed by atoms with Crippen LogP contribution in [0, 0.1) is 17.3 Å². The SMILES string of the molecule is CC1(C)C(C=C(Cl)Cl)C1CNP. The van der Waals surface area contributed by atoms with Gasteiger partial charge in [0, 0.05) is 6.54 Å². The van der Waals surface area contributed by atoms with Crippen LogP contribution in [-0.2, 0) is 0 Å². The summed E-state index contributed by atoms with van der Waals surface area (Å²) in [7, 11) is 2.52. The highest BCUT2D eigenvalue weighted by molar-refractivity contribution is 7.13. The molecule has 0 heterocycles. The summed E-state index contributed by atoms with van der Waals surface area (Å²) in [4.78, 5) is 0. The molecular formula is C8H14Cl2NP. The highest BCUT2D eigenvalue weighted by atomic mass is 35.5. The van der Waals surface area contributed by atoms with Crippen LogP contribution in [0.1, 0.15) is 13.8 Å². The van der Waals surface area contributed by atoms with Gasteiger partial charge in [0.05, 0.1) is 0 Å². The van der Waals surface area contributed by atoms with Crippen LogP contribution in [0.2, 0.25) is 0 Å². The van der Waals surface area contributed by atoms with Crippen molar-refractivity contribution < 1.29 is 0 Å². The van der Waals surface area contributed by atoms with E-state index >= 15 is 0 Å². The molecule has 12 heavy (non-hydrogen) atoms. The number of rotatable bonds is 3. The fourth-order valence-electron chi connectivity index (χ4n) is 1.77. The van der Waals surface area contributed by atoms with Crippen LogP contribution in [0.4, 0.5) is 0 Å². The first-order valence-corrected chi connectivity index (χ1v) is 5.29. The van der Waals surface area contributed by atoms with Crippen molar-refractivity contribution in [2.75, 3.05) is 6.54 Å². The van der Waals surface area contributed by atoms with Crippen molar-refractivity contribution in [3.63, 3.8) is 0 Å². The van der Waals surface area contributed by atoms with Gasteiger partial charge in [-0.3, -0.25) is 0 Å². The molecule has 1 aliphatic rings. The maximum Gasteiger partial charge on any atom is 0.103 e. The molecule has 3 unspecified atom stereocenters. The lowest BCUT2D eigenvalue weighted by Gasteiger charge is -1.99. The molecule has 1 nitrogen and oxygen atoms in total. The Morgan fingerprint density at radius 2 is 2.17 bits per heavy atom. The van der Waals surface area contributed by atoms with Gasteiger partial charge in [-0.25, -0.2) is 0 Å². The molecule has 1 aliphatic carbocycles. The zero-order valence-electron chi connectivity index (χ0n) is 7.27. The molecule has 0 aliphatic heterocycles. The van der Waals surface area contributed by atoms with Gasteiger partial charge in [0.25, 0.3) is 0 Å². The van der Waals surface area contributed by atoms with Crippen molar-refractivity contribution >= 4 is 32.6 Å². The summed E-state index contributed by atoms with van der Waals surface area (Å²) in [6.07, 6.45) is 1.94. The summed E-state index contributed by atoms with van der Waals surface area (Å²) in [6, 6.07) is 0. The molecule has 0 aromatic heterocycles. The normalized spacial score (nSPS) is 31.4. The lowest BCUT2D eigenvalue weighted by Crippen LogP contribution is -2.06. The molecule has 0 amide bonds. The Hall–Kier alpha value is 0.710. The Morgan fingerprint density at radius 1 is 1.58 bits per heavy atom. The monoisotopic (exact) mass is 225 g/mol. The van der Waals surface area contributed by atoms with E-state index < -0.39 is 0 Å². The first kappa shape index (κ1) is 10.8. The van der Waals surface area contributed by atoms with E-state index in [9.17, 15) is 0 Å². The molecule has 3 atom stereocenters. The van der Waals surface area contributed by atoms with Crippen LogP contribution in [0.3, 0.4) is 0 Å². The van der Waals surface area contributed by atoms with Crippen LogP contribution in [0.15, 0.2) is 10.6 Å². The molecule has 0 aromatic rings. The van der Waals surface area contributed by atoms with E-state index in [0.29, 0.717) is 21.7 Å². The minimum Gasteiger partial charge on any atom is -0.300 e. The summed E-state index contributed by atoms with van der Waals surface area (Å²) in [5.41, 5.74) is 0.346. The molecule has 0 bridgehead atoms. The second-order valence-electron chi connectivity index (χ2n) is 3.82. The maximum absolute atomic E-state index is 5.61. The fraction of sp³-hybridized carbons (Fsp3) is 0.750. The van der Waals surface area contributed by atoms with Crippen molar-refractivity contribution in [2.45, 2.75) is 13.8 Å². The van der Waals surface area contributed by atoms with Gasteiger partial charge in [0.2, 0.25) is 0 Å². The third kappa shape index (κ3) is 2.14. The molecule has 0 aromatic carbocycles. The van der Waals surface area contributed by atoms with E-state index in [4.69, 9.17) is 23.2 Å². The van der Waals surface area contributed by atoms with Crippen molar-refractivity contribution in [3.8, 4) is 0 Å². The molecule has 1 N–H and O–H groups in total. The van der Waals surface area contributed by atoms with Gasteiger partial charge in [-0.05, 0) is 17.3 Å². The van der Waals surface area contributed by atoms with Gasteiger partial charge >= 0.3 is 0 Å². The summed E-state index contributed by atoms with van der Waals surface area (Å²) in [6.45, 7) is 5.47. The number of halogens is 2. The minimum absolute atomic E-state index is 0.346. The Kier molecular flexibility index (Phi) is 3.45. The second kappa shape index (κ2) is 3.84. The number of allylic oxidation sites excluding steroid dienone is 1. The second-order valence-corrected chi connectivity index (χ2v) is 5.23. The average molecular weight is 226 g/mol. The van der Waals surface area contributed by atoms with Crippen molar-refractivity contribution in [1.82, 2.24) is 5.09 Å². The van der Waals surface area contributed by atoms with Crippen LogP contribution in [0.25, 0.3) is 0 Å². The lowest BCUT2D eigenvalue weighted by molar-refractivity contribution is 0.549. The Bertz CT molecular complexity index is 199. The number of nitrogens with one attached hydrogen (secondary N) is 1. The highest BCUT2D eigenvalue weighted by Crippen LogP contribution is 2.59. The molecule has 4 heteroatoms. The van der Waals surface area contributed by atoms with Gasteiger partial charge in [0.1, 0.15) is 4.49 Å². The third-order valence-electron chi connectivity index (χ3n) is 2.78. The first-order valence-electron chi connectivity index (χ1n) is 3.96. The van der Waals surface area contributed by atoms with Crippen molar-refractivity contribution in [3.05, 3.63) is 10.6 Å². The van der Waals surface area contributed by atoms with Gasteiger partial charge in [0.15, 0.2) is 0 Å². The van der Waals surface area contributed by atoms with Gasteiger partial charge in [-0.1, -0.05) is 52.5 Å². The molecule has 70 valence electrons. The standard InChI is InChI=1S/C8H14Cl2NP/c1-8(2)5(3-7(9)10)6(8)4-11-12/h3,5-6,11H,4,12H2,1-2H3. The molecule has 0 radical (unpaired) electrons. The van der Waals surface area contributed by atoms with Crippen LogP contribution < -0.4 is 5.09 Å². The topological polar surface area (TPSA) is 12.0 Å². The molecule has 0 saturated heterocycles. The summed E-state index contributed by atoms with van der Waals surface area (Å²) >= 11 is 11.2. The predicted octanol–water partition coefficient (Wildman–Crippen LogP) is 2.96. The first-order chi connectivity index (χ1) is 5.50. The van der Waals surface area contributed by atoms with E-state index in [2.05, 4.69) is 28.3 Å². The summed E-state index contributed by atoms with van der Waals surface area (Å²) < 4.78 is 0.388. The van der Waals surface area contributed by atoms with E-state index in [0.717, 1.165) is 6.54 Å². The summed E-state index contributed by atoms with van der Waals surface area (Å²) in [5.74, 6) is 1.18. The number of hydrogen-bond donors (Lipinski definition) is 1. The van der Waals surface area contributed by atoms with Gasteiger partial charge in [-0.2, -0.15) is 0 Å². The Morgan fingerprint density at radius 3 is 2.58 bits per heavy atom. The maximum atomic E-state index is 5.61. The number of hydrogen-bond acceptors (Lipinski definition) is 1. The van der Waals surface area contributed by atoms with E-state index in [1.165, 1.54) is 0 Å². The van der Waals surface area contributed by atoms with Crippen molar-refractivity contribution in [1.29, 1.82) is 0 Å². The average Bonchev–Trinajstić information content (AvgIpc) is 2.39. The van der Waals surface area contributed by atoms with Gasteiger partial charge < -0.3 is 5.09 Å². The molecular weight excluding hydrogens is 212 g/mol. The largest absolute Gasteiger partial charge is 0.300 e. The zero-order valence-corrected chi connectivity index (χ0v) is 9.94. The van der Waals surface area contributed by atoms with Crippen molar-refractivity contribution in [2.24, 2.45) is 17.3 Å². The molecule has 0 spiro atoms. The molecule has 1 fully saturated rings. The molecule has 1 saturated carbocycles. The fourth-order valence-corrected chi connectivity index (χ4v) is 2.30. The van der Waals surface area contributed by atoms with E-state index in [-0.39, 0.29) is 0 Å².